The molecule has 0 aromatic carbocycles. The first-order chi connectivity index (χ1) is 11.6. The molecule has 1 N–H and O–H groups in total. The van der Waals surface area contributed by atoms with Crippen molar-refractivity contribution in [2.75, 3.05) is 45.6 Å². The van der Waals surface area contributed by atoms with Gasteiger partial charge in [0.2, 0.25) is 0 Å². The van der Waals surface area contributed by atoms with Crippen molar-refractivity contribution in [1.29, 1.82) is 0 Å². The van der Waals surface area contributed by atoms with E-state index in [4.69, 9.17) is 4.74 Å². The molecule has 4 nitrogen and oxygen atoms in total. The van der Waals surface area contributed by atoms with Crippen molar-refractivity contribution in [2.24, 2.45) is 5.92 Å². The molecule has 0 aromatic rings. The van der Waals surface area contributed by atoms with E-state index in [-0.39, 0.29) is 5.91 Å². The van der Waals surface area contributed by atoms with E-state index in [9.17, 15) is 4.79 Å². The molecule has 0 bridgehead atoms. The van der Waals surface area contributed by atoms with Gasteiger partial charge in [-0.1, -0.05) is 38.7 Å². The number of thioether (sulfide) groups is 1. The highest BCUT2D eigenvalue weighted by molar-refractivity contribution is 8.03. The van der Waals surface area contributed by atoms with Crippen molar-refractivity contribution >= 4 is 17.7 Å². The van der Waals surface area contributed by atoms with E-state index >= 15 is 0 Å². The third-order valence-corrected chi connectivity index (χ3v) is 5.49. The highest BCUT2D eigenvalue weighted by Gasteiger charge is 2.14. The smallest absolute Gasteiger partial charge is 0.257 e. The van der Waals surface area contributed by atoms with Gasteiger partial charge < -0.3 is 10.1 Å². The van der Waals surface area contributed by atoms with Crippen LogP contribution in [-0.2, 0) is 9.53 Å². The van der Waals surface area contributed by atoms with E-state index < -0.39 is 0 Å². The Labute approximate surface area is 152 Å². The number of amides is 1. The fourth-order valence-electron chi connectivity index (χ4n) is 3.14. The van der Waals surface area contributed by atoms with Crippen LogP contribution in [0.25, 0.3) is 0 Å². The van der Waals surface area contributed by atoms with Crippen molar-refractivity contribution in [3.63, 3.8) is 0 Å². The average molecular weight is 357 g/mol. The van der Waals surface area contributed by atoms with Crippen LogP contribution in [0, 0.1) is 5.92 Å². The number of allylic oxidation sites excluding steroid dienone is 1. The molecule has 1 heterocycles. The summed E-state index contributed by atoms with van der Waals surface area (Å²) in [6.07, 6.45) is 7.79. The summed E-state index contributed by atoms with van der Waals surface area (Å²) < 4.78 is 5.35. The molecule has 1 aliphatic heterocycles. The number of hydrogen-bond donors (Lipinski definition) is 1. The Kier molecular flexibility index (Phi) is 11.5. The number of ether oxygens (including phenoxy) is 1. The molecule has 1 amide bonds. The minimum absolute atomic E-state index is 0.102. The zero-order valence-electron chi connectivity index (χ0n) is 16.0. The van der Waals surface area contributed by atoms with Gasteiger partial charge in [-0.25, -0.2) is 0 Å². The van der Waals surface area contributed by atoms with Gasteiger partial charge in [0.25, 0.3) is 5.91 Å². The zero-order valence-corrected chi connectivity index (χ0v) is 16.8. The summed E-state index contributed by atoms with van der Waals surface area (Å²) in [5, 5.41) is 3.10. The summed E-state index contributed by atoms with van der Waals surface area (Å²) >= 11 is 1.58. The van der Waals surface area contributed by atoms with Crippen molar-refractivity contribution in [3.05, 3.63) is 10.5 Å². The lowest BCUT2D eigenvalue weighted by Gasteiger charge is -2.26. The number of nitrogens with one attached hydrogen (secondary N) is 1. The van der Waals surface area contributed by atoms with Gasteiger partial charge in [-0.3, -0.25) is 9.69 Å². The molecule has 5 heteroatoms. The van der Waals surface area contributed by atoms with Crippen LogP contribution in [-0.4, -0.2) is 56.5 Å². The van der Waals surface area contributed by atoms with E-state index in [0.29, 0.717) is 5.92 Å². The minimum atomic E-state index is 0.102. The highest BCUT2D eigenvalue weighted by atomic mass is 32.2. The van der Waals surface area contributed by atoms with Crippen LogP contribution in [0.1, 0.15) is 52.9 Å². The first-order valence-corrected chi connectivity index (χ1v) is 10.6. The molecule has 0 saturated carbocycles. The van der Waals surface area contributed by atoms with Crippen LogP contribution in [0.3, 0.4) is 0 Å². The van der Waals surface area contributed by atoms with Crippen LogP contribution in [0.5, 0.6) is 0 Å². The Hall–Kier alpha value is -0.520. The third-order valence-electron chi connectivity index (χ3n) is 4.54. The topological polar surface area (TPSA) is 41.6 Å². The van der Waals surface area contributed by atoms with Gasteiger partial charge in [0, 0.05) is 19.6 Å². The van der Waals surface area contributed by atoms with Gasteiger partial charge in [0.05, 0.1) is 18.1 Å². The molecule has 0 radical (unpaired) electrons. The Balaban J connectivity index is 2.34. The van der Waals surface area contributed by atoms with Crippen LogP contribution in [0.15, 0.2) is 10.5 Å². The summed E-state index contributed by atoms with van der Waals surface area (Å²) in [5.41, 5.74) is 1.23. The maximum absolute atomic E-state index is 12.4. The predicted octanol–water partition coefficient (Wildman–Crippen LogP) is 3.68. The molecule has 1 rings (SSSR count). The largest absolute Gasteiger partial charge is 0.379 e. The second kappa shape index (κ2) is 12.8. The lowest BCUT2D eigenvalue weighted by atomic mass is 9.96. The van der Waals surface area contributed by atoms with E-state index in [1.165, 1.54) is 24.8 Å². The summed E-state index contributed by atoms with van der Waals surface area (Å²) in [5.74, 6) is 0.755. The molecule has 1 saturated heterocycles. The number of carbonyl (C=O) groups excluding carboxylic acids is 1. The van der Waals surface area contributed by atoms with Crippen LogP contribution < -0.4 is 5.32 Å². The van der Waals surface area contributed by atoms with Gasteiger partial charge in [0.15, 0.2) is 0 Å². The Bertz CT molecular complexity index is 393. The molecule has 1 fully saturated rings. The molecule has 0 aromatic heterocycles. The fourth-order valence-corrected chi connectivity index (χ4v) is 3.83. The van der Waals surface area contributed by atoms with E-state index in [1.54, 1.807) is 11.8 Å². The van der Waals surface area contributed by atoms with Gasteiger partial charge >= 0.3 is 0 Å². The van der Waals surface area contributed by atoms with Crippen molar-refractivity contribution in [2.45, 2.75) is 52.9 Å². The summed E-state index contributed by atoms with van der Waals surface area (Å²) in [7, 11) is 0. The first-order valence-electron chi connectivity index (χ1n) is 9.40. The third kappa shape index (κ3) is 8.54. The second-order valence-corrected chi connectivity index (χ2v) is 7.65. The SMILES string of the molecule is CCCCC(C)CC(C)=C(SC)C(=O)NCCCN1CCOCC1. The van der Waals surface area contributed by atoms with Gasteiger partial charge in [-0.15, -0.1) is 11.8 Å². The van der Waals surface area contributed by atoms with Crippen molar-refractivity contribution in [1.82, 2.24) is 10.2 Å². The number of nitrogens with zero attached hydrogens (tertiary/aromatic N) is 1. The lowest BCUT2D eigenvalue weighted by molar-refractivity contribution is -0.116. The molecule has 140 valence electrons. The zero-order chi connectivity index (χ0) is 17.8. The predicted molar refractivity (Wildman–Crippen MR) is 104 cm³/mol. The van der Waals surface area contributed by atoms with Gasteiger partial charge in [0.1, 0.15) is 0 Å². The number of hydrogen-bond acceptors (Lipinski definition) is 4. The first kappa shape index (κ1) is 21.5. The van der Waals surface area contributed by atoms with Gasteiger partial charge in [-0.2, -0.15) is 0 Å². The van der Waals surface area contributed by atoms with Crippen LogP contribution >= 0.6 is 11.8 Å². The van der Waals surface area contributed by atoms with Gasteiger partial charge in [-0.05, 0) is 38.5 Å². The Morgan fingerprint density at radius 3 is 2.62 bits per heavy atom. The minimum Gasteiger partial charge on any atom is -0.379 e. The molecule has 0 spiro atoms. The van der Waals surface area contributed by atoms with E-state index in [1.807, 2.05) is 6.26 Å². The summed E-state index contributed by atoms with van der Waals surface area (Å²) in [6.45, 7) is 12.1. The molecule has 24 heavy (non-hydrogen) atoms. The highest BCUT2D eigenvalue weighted by Crippen LogP contribution is 2.24. The maximum atomic E-state index is 12.4. The van der Waals surface area contributed by atoms with Crippen LogP contribution in [0.4, 0.5) is 0 Å². The molecule has 0 aliphatic carbocycles. The quantitative estimate of drug-likeness (QED) is 0.453. The number of morpholine rings is 1. The Morgan fingerprint density at radius 2 is 2.00 bits per heavy atom. The number of rotatable bonds is 11. The maximum Gasteiger partial charge on any atom is 0.257 e. The fraction of sp³-hybridized carbons (Fsp3) is 0.842. The molecular weight excluding hydrogens is 320 g/mol. The lowest BCUT2D eigenvalue weighted by Crippen LogP contribution is -2.38. The molecule has 1 atom stereocenters. The van der Waals surface area contributed by atoms with E-state index in [2.05, 4.69) is 31.0 Å². The number of unbranched alkanes of at least 4 members (excludes halogenated alkanes) is 1. The van der Waals surface area contributed by atoms with Crippen molar-refractivity contribution < 1.29 is 9.53 Å². The van der Waals surface area contributed by atoms with Crippen molar-refractivity contribution in [3.8, 4) is 0 Å². The van der Waals surface area contributed by atoms with Crippen LogP contribution in [0.2, 0.25) is 0 Å². The Morgan fingerprint density at radius 1 is 1.29 bits per heavy atom. The standard InChI is InChI=1S/C19H36N2O2S/c1-5-6-8-16(2)15-17(3)18(24-4)19(22)20-9-7-10-21-11-13-23-14-12-21/h16H,5-15H2,1-4H3,(H,20,22). The van der Waals surface area contributed by atoms with E-state index in [0.717, 1.165) is 57.1 Å². The average Bonchev–Trinajstić information content (AvgIpc) is 2.58. The molecule has 1 aliphatic rings. The summed E-state index contributed by atoms with van der Waals surface area (Å²) in [4.78, 5) is 15.8. The monoisotopic (exact) mass is 356 g/mol. The molecular formula is C19H36N2O2S. The molecule has 1 unspecified atom stereocenters. The second-order valence-electron chi connectivity index (χ2n) is 6.83. The number of carbonyl (C=O) groups is 1. The summed E-state index contributed by atoms with van der Waals surface area (Å²) in [6, 6.07) is 0. The normalized spacial score (nSPS) is 18.2.